The van der Waals surface area contributed by atoms with Gasteiger partial charge in [-0.3, -0.25) is 0 Å². The zero-order chi connectivity index (χ0) is 15.1. The Kier molecular flexibility index (Phi) is 6.47. The fourth-order valence-electron chi connectivity index (χ4n) is 2.54. The molecule has 0 radical (unpaired) electrons. The first kappa shape index (κ1) is 16.3. The van der Waals surface area contributed by atoms with E-state index in [0.29, 0.717) is 6.04 Å². The quantitative estimate of drug-likeness (QED) is 0.680. The molecule has 21 heavy (non-hydrogen) atoms. The fourth-order valence-corrected chi connectivity index (χ4v) is 3.52. The zero-order valence-electron chi connectivity index (χ0n) is 13.5. The number of hydrogen-bond donors (Lipinski definition) is 1. The summed E-state index contributed by atoms with van der Waals surface area (Å²) in [6, 6.07) is 14.0. The summed E-state index contributed by atoms with van der Waals surface area (Å²) in [4.78, 5) is 2.80. The van der Waals surface area contributed by atoms with E-state index in [4.69, 9.17) is 0 Å². The highest BCUT2D eigenvalue weighted by molar-refractivity contribution is 7.12. The molecule has 0 fully saturated rings. The molecule has 2 heteroatoms. The molecule has 0 saturated heterocycles. The second-order valence-electron chi connectivity index (χ2n) is 5.68. The maximum absolute atomic E-state index is 3.69. The van der Waals surface area contributed by atoms with Gasteiger partial charge in [-0.25, -0.2) is 0 Å². The molecule has 1 nitrogen and oxygen atoms in total. The fraction of sp³-hybridized carbons (Fsp3) is 0.474. The van der Waals surface area contributed by atoms with Crippen molar-refractivity contribution in [1.29, 1.82) is 0 Å². The Hall–Kier alpha value is -1.12. The molecule has 1 unspecified atom stereocenters. The van der Waals surface area contributed by atoms with E-state index < -0.39 is 0 Å². The third-order valence-electron chi connectivity index (χ3n) is 3.78. The molecule has 0 saturated carbocycles. The van der Waals surface area contributed by atoms with Gasteiger partial charge in [-0.15, -0.1) is 11.3 Å². The Labute approximate surface area is 133 Å². The predicted octanol–water partition coefficient (Wildman–Crippen LogP) is 5.49. The standard InChI is InChI=1S/C19H27NS/c1-4-6-7-16-9-11-17(12-10-16)19(20-14-5-2)18-13-8-15(3)21-18/h8-13,19-20H,4-7,14H2,1-3H3. The molecule has 1 atom stereocenters. The molecule has 114 valence electrons. The van der Waals surface area contributed by atoms with Crippen LogP contribution in [0.3, 0.4) is 0 Å². The summed E-state index contributed by atoms with van der Waals surface area (Å²) in [5, 5.41) is 3.69. The van der Waals surface area contributed by atoms with Gasteiger partial charge in [-0.2, -0.15) is 0 Å². The van der Waals surface area contributed by atoms with Crippen LogP contribution in [0.25, 0.3) is 0 Å². The monoisotopic (exact) mass is 301 g/mol. The normalized spacial score (nSPS) is 12.5. The highest BCUT2D eigenvalue weighted by Crippen LogP contribution is 2.28. The maximum atomic E-state index is 3.69. The summed E-state index contributed by atoms with van der Waals surface area (Å²) in [5.41, 5.74) is 2.84. The van der Waals surface area contributed by atoms with Gasteiger partial charge in [0, 0.05) is 9.75 Å². The van der Waals surface area contributed by atoms with Crippen LogP contribution in [0.2, 0.25) is 0 Å². The van der Waals surface area contributed by atoms with Gasteiger partial charge in [-0.05, 0) is 56.0 Å². The second-order valence-corrected chi connectivity index (χ2v) is 7.00. The number of nitrogens with one attached hydrogen (secondary N) is 1. The SMILES string of the molecule is CCCCc1ccc(C(NCCC)c2ccc(C)s2)cc1. The van der Waals surface area contributed by atoms with Crippen molar-refractivity contribution in [1.82, 2.24) is 5.32 Å². The topological polar surface area (TPSA) is 12.0 Å². The number of hydrogen-bond acceptors (Lipinski definition) is 2. The highest BCUT2D eigenvalue weighted by atomic mass is 32.1. The molecule has 1 aromatic heterocycles. The van der Waals surface area contributed by atoms with Crippen molar-refractivity contribution >= 4 is 11.3 Å². The molecule has 2 rings (SSSR count). The lowest BCUT2D eigenvalue weighted by molar-refractivity contribution is 0.605. The molecular formula is C19H27NS. The summed E-state index contributed by atoms with van der Waals surface area (Å²) in [7, 11) is 0. The van der Waals surface area contributed by atoms with E-state index in [1.165, 1.54) is 40.1 Å². The summed E-state index contributed by atoms with van der Waals surface area (Å²) < 4.78 is 0. The molecule has 0 aliphatic rings. The minimum atomic E-state index is 0.337. The lowest BCUT2D eigenvalue weighted by Crippen LogP contribution is -2.22. The van der Waals surface area contributed by atoms with Crippen molar-refractivity contribution in [2.45, 2.75) is 52.5 Å². The lowest BCUT2D eigenvalue weighted by atomic mass is 10.0. The molecule has 0 aliphatic carbocycles. The predicted molar refractivity (Wildman–Crippen MR) is 94.2 cm³/mol. The molecular weight excluding hydrogens is 274 g/mol. The van der Waals surface area contributed by atoms with Gasteiger partial charge in [0.05, 0.1) is 6.04 Å². The Morgan fingerprint density at radius 1 is 1.00 bits per heavy atom. The average molecular weight is 301 g/mol. The van der Waals surface area contributed by atoms with E-state index in [0.717, 1.165) is 13.0 Å². The van der Waals surface area contributed by atoms with E-state index in [2.05, 4.69) is 62.5 Å². The average Bonchev–Trinajstić information content (AvgIpc) is 2.93. The Morgan fingerprint density at radius 2 is 1.76 bits per heavy atom. The van der Waals surface area contributed by atoms with Gasteiger partial charge in [0.2, 0.25) is 0 Å². The molecule has 0 aliphatic heterocycles. The first-order chi connectivity index (χ1) is 10.2. The summed E-state index contributed by atoms with van der Waals surface area (Å²) in [5.74, 6) is 0. The van der Waals surface area contributed by atoms with E-state index in [-0.39, 0.29) is 0 Å². The Bertz CT molecular complexity index is 527. The van der Waals surface area contributed by atoms with Crippen molar-refractivity contribution in [3.8, 4) is 0 Å². The van der Waals surface area contributed by atoms with Gasteiger partial charge in [0.1, 0.15) is 0 Å². The van der Waals surface area contributed by atoms with Gasteiger partial charge in [-0.1, -0.05) is 44.5 Å². The minimum Gasteiger partial charge on any atom is -0.306 e. The van der Waals surface area contributed by atoms with Crippen LogP contribution in [-0.4, -0.2) is 6.54 Å². The number of benzene rings is 1. The molecule has 1 heterocycles. The third kappa shape index (κ3) is 4.69. The second kappa shape index (κ2) is 8.35. The van der Waals surface area contributed by atoms with Crippen LogP contribution >= 0.6 is 11.3 Å². The summed E-state index contributed by atoms with van der Waals surface area (Å²) >= 11 is 1.90. The van der Waals surface area contributed by atoms with Crippen molar-refractivity contribution in [2.75, 3.05) is 6.54 Å². The van der Waals surface area contributed by atoms with Crippen LogP contribution in [-0.2, 0) is 6.42 Å². The third-order valence-corrected chi connectivity index (χ3v) is 4.84. The van der Waals surface area contributed by atoms with Crippen molar-refractivity contribution in [2.24, 2.45) is 0 Å². The van der Waals surface area contributed by atoms with Gasteiger partial charge >= 0.3 is 0 Å². The number of aryl methyl sites for hydroxylation is 2. The van der Waals surface area contributed by atoms with Crippen LogP contribution in [0.4, 0.5) is 0 Å². The maximum Gasteiger partial charge on any atom is 0.0671 e. The molecule has 2 aromatic rings. The van der Waals surface area contributed by atoms with Crippen molar-refractivity contribution < 1.29 is 0 Å². The number of thiophene rings is 1. The van der Waals surface area contributed by atoms with Gasteiger partial charge < -0.3 is 5.32 Å². The van der Waals surface area contributed by atoms with E-state index >= 15 is 0 Å². The van der Waals surface area contributed by atoms with Crippen LogP contribution in [0, 0.1) is 6.92 Å². The molecule has 1 aromatic carbocycles. The largest absolute Gasteiger partial charge is 0.306 e. The van der Waals surface area contributed by atoms with Crippen LogP contribution < -0.4 is 5.32 Å². The van der Waals surface area contributed by atoms with Gasteiger partial charge in [0.15, 0.2) is 0 Å². The highest BCUT2D eigenvalue weighted by Gasteiger charge is 2.14. The van der Waals surface area contributed by atoms with E-state index in [9.17, 15) is 0 Å². The molecule has 0 bridgehead atoms. The first-order valence-corrected chi connectivity index (χ1v) is 8.94. The molecule has 1 N–H and O–H groups in total. The van der Waals surface area contributed by atoms with Crippen molar-refractivity contribution in [3.05, 3.63) is 57.3 Å². The lowest BCUT2D eigenvalue weighted by Gasteiger charge is -2.18. The van der Waals surface area contributed by atoms with Crippen LogP contribution in [0.1, 0.15) is 60.0 Å². The smallest absolute Gasteiger partial charge is 0.0671 e. The summed E-state index contributed by atoms with van der Waals surface area (Å²) in [6.45, 7) is 7.70. The van der Waals surface area contributed by atoms with Crippen LogP contribution in [0.5, 0.6) is 0 Å². The van der Waals surface area contributed by atoms with Gasteiger partial charge in [0.25, 0.3) is 0 Å². The first-order valence-electron chi connectivity index (χ1n) is 8.13. The minimum absolute atomic E-state index is 0.337. The number of rotatable bonds is 8. The van der Waals surface area contributed by atoms with E-state index in [1.54, 1.807) is 0 Å². The Balaban J connectivity index is 2.16. The molecule has 0 spiro atoms. The molecule has 0 amide bonds. The summed E-state index contributed by atoms with van der Waals surface area (Å²) in [6.07, 6.45) is 4.90. The number of unbranched alkanes of at least 4 members (excludes halogenated alkanes) is 1. The zero-order valence-corrected chi connectivity index (χ0v) is 14.3. The van der Waals surface area contributed by atoms with Crippen LogP contribution in [0.15, 0.2) is 36.4 Å². The van der Waals surface area contributed by atoms with Crippen molar-refractivity contribution in [3.63, 3.8) is 0 Å². The van der Waals surface area contributed by atoms with E-state index in [1.807, 2.05) is 11.3 Å². The Morgan fingerprint density at radius 3 is 2.33 bits per heavy atom.